The first kappa shape index (κ1) is 28.8. The van der Waals surface area contributed by atoms with E-state index in [1.165, 1.54) is 0 Å². The van der Waals surface area contributed by atoms with Gasteiger partial charge in [-0.3, -0.25) is 4.79 Å². The SMILES string of the molecule is CCCCSc1nc2n(n1)C(c1ccc(OCC(=O)N3CCOCC3)c(OC)c1)C(C(=O)OCCC)=C(C)N2. The number of anilines is 1. The van der Waals surface area contributed by atoms with E-state index in [2.05, 4.69) is 17.2 Å². The van der Waals surface area contributed by atoms with Crippen molar-refractivity contribution in [3.8, 4) is 11.5 Å². The molecule has 1 N–H and O–H groups in total. The largest absolute Gasteiger partial charge is 0.493 e. The van der Waals surface area contributed by atoms with E-state index in [9.17, 15) is 9.59 Å². The van der Waals surface area contributed by atoms with Crippen LogP contribution < -0.4 is 14.8 Å². The molecule has 11 nitrogen and oxygen atoms in total. The van der Waals surface area contributed by atoms with Gasteiger partial charge in [0.1, 0.15) is 6.04 Å². The number of thioether (sulfide) groups is 1. The van der Waals surface area contributed by atoms with Gasteiger partial charge in [0.2, 0.25) is 11.1 Å². The number of morpholine rings is 1. The van der Waals surface area contributed by atoms with Crippen LogP contribution in [-0.2, 0) is 19.1 Å². The zero-order valence-electron chi connectivity index (χ0n) is 23.0. The number of hydrogen-bond acceptors (Lipinski definition) is 10. The molecule has 0 aliphatic carbocycles. The van der Waals surface area contributed by atoms with Crippen molar-refractivity contribution in [3.05, 3.63) is 35.0 Å². The molecule has 1 fully saturated rings. The van der Waals surface area contributed by atoms with E-state index in [1.54, 1.807) is 40.6 Å². The minimum Gasteiger partial charge on any atom is -0.493 e. The highest BCUT2D eigenvalue weighted by Gasteiger charge is 2.36. The highest BCUT2D eigenvalue weighted by molar-refractivity contribution is 7.99. The molecular weight excluding hydrogens is 522 g/mol. The summed E-state index contributed by atoms with van der Waals surface area (Å²) < 4.78 is 24.1. The van der Waals surface area contributed by atoms with Gasteiger partial charge >= 0.3 is 5.97 Å². The summed E-state index contributed by atoms with van der Waals surface area (Å²) >= 11 is 1.59. The molecule has 3 heterocycles. The molecule has 1 saturated heterocycles. The van der Waals surface area contributed by atoms with E-state index >= 15 is 0 Å². The van der Waals surface area contributed by atoms with Crippen molar-refractivity contribution in [1.82, 2.24) is 19.7 Å². The molecule has 12 heteroatoms. The third-order valence-corrected chi connectivity index (χ3v) is 7.36. The van der Waals surface area contributed by atoms with Crippen LogP contribution in [0, 0.1) is 0 Å². The monoisotopic (exact) mass is 559 g/mol. The summed E-state index contributed by atoms with van der Waals surface area (Å²) in [6, 6.07) is 4.82. The number of rotatable bonds is 12. The predicted molar refractivity (Wildman–Crippen MR) is 147 cm³/mol. The average Bonchev–Trinajstić information content (AvgIpc) is 3.36. The number of unbranched alkanes of at least 4 members (excludes halogenated alkanes) is 1. The highest BCUT2D eigenvalue weighted by Crippen LogP contribution is 2.40. The maximum Gasteiger partial charge on any atom is 0.338 e. The zero-order valence-corrected chi connectivity index (χ0v) is 23.8. The molecule has 0 spiro atoms. The van der Waals surface area contributed by atoms with Gasteiger partial charge in [-0.15, -0.1) is 5.10 Å². The Bertz CT molecular complexity index is 1190. The normalized spacial score (nSPS) is 16.9. The van der Waals surface area contributed by atoms with Gasteiger partial charge in [-0.05, 0) is 37.5 Å². The molecule has 4 rings (SSSR count). The van der Waals surface area contributed by atoms with Crippen molar-refractivity contribution < 1.29 is 28.5 Å². The molecule has 1 aromatic carbocycles. The lowest BCUT2D eigenvalue weighted by atomic mass is 9.95. The third kappa shape index (κ3) is 6.85. The molecule has 1 amide bonds. The Kier molecular flexibility index (Phi) is 10.1. The van der Waals surface area contributed by atoms with Crippen molar-refractivity contribution in [1.29, 1.82) is 0 Å². The molecule has 39 heavy (non-hydrogen) atoms. The summed E-state index contributed by atoms with van der Waals surface area (Å²) in [5.74, 6) is 1.82. The molecule has 0 bridgehead atoms. The molecule has 1 unspecified atom stereocenters. The number of methoxy groups -OCH3 is 1. The van der Waals surface area contributed by atoms with E-state index in [-0.39, 0.29) is 12.5 Å². The fourth-order valence-corrected chi connectivity index (χ4v) is 5.27. The van der Waals surface area contributed by atoms with Crippen molar-refractivity contribution >= 4 is 29.6 Å². The van der Waals surface area contributed by atoms with Crippen LogP contribution in [0.3, 0.4) is 0 Å². The smallest absolute Gasteiger partial charge is 0.338 e. The fraction of sp³-hybridized carbons (Fsp3) is 0.556. The van der Waals surface area contributed by atoms with Gasteiger partial charge in [0.15, 0.2) is 18.1 Å². The Morgan fingerprint density at radius 3 is 2.69 bits per heavy atom. The van der Waals surface area contributed by atoms with Crippen LogP contribution >= 0.6 is 11.8 Å². The number of aromatic nitrogens is 3. The van der Waals surface area contributed by atoms with Gasteiger partial charge in [0, 0.05) is 24.5 Å². The van der Waals surface area contributed by atoms with Crippen LogP contribution in [0.25, 0.3) is 0 Å². The van der Waals surface area contributed by atoms with Crippen molar-refractivity contribution in [3.63, 3.8) is 0 Å². The quantitative estimate of drug-likeness (QED) is 0.235. The summed E-state index contributed by atoms with van der Waals surface area (Å²) in [6.07, 6.45) is 2.86. The summed E-state index contributed by atoms with van der Waals surface area (Å²) in [6.45, 7) is 8.30. The Morgan fingerprint density at radius 1 is 1.18 bits per heavy atom. The van der Waals surface area contributed by atoms with Crippen LogP contribution in [0.1, 0.15) is 51.6 Å². The summed E-state index contributed by atoms with van der Waals surface area (Å²) in [7, 11) is 1.54. The third-order valence-electron chi connectivity index (χ3n) is 6.44. The molecule has 0 radical (unpaired) electrons. The highest BCUT2D eigenvalue weighted by atomic mass is 32.2. The van der Waals surface area contributed by atoms with Crippen LogP contribution in [0.5, 0.6) is 11.5 Å². The molecule has 2 aliphatic rings. The topological polar surface area (TPSA) is 117 Å². The average molecular weight is 560 g/mol. The Labute approximate surface area is 233 Å². The van der Waals surface area contributed by atoms with E-state index in [0.29, 0.717) is 73.2 Å². The second kappa shape index (κ2) is 13.7. The number of benzene rings is 1. The molecule has 2 aliphatic heterocycles. The Hall–Kier alpha value is -3.25. The lowest BCUT2D eigenvalue weighted by Gasteiger charge is -2.28. The van der Waals surface area contributed by atoms with Crippen molar-refractivity contribution in [2.45, 2.75) is 51.2 Å². The van der Waals surface area contributed by atoms with E-state index in [1.807, 2.05) is 19.9 Å². The zero-order chi connectivity index (χ0) is 27.8. The lowest BCUT2D eigenvalue weighted by molar-refractivity contribution is -0.139. The number of esters is 1. The van der Waals surface area contributed by atoms with Crippen LogP contribution in [-0.4, -0.2) is 83.9 Å². The molecule has 0 saturated carbocycles. The van der Waals surface area contributed by atoms with Gasteiger partial charge < -0.3 is 29.2 Å². The number of fused-ring (bicyclic) bond motifs is 1. The first-order valence-corrected chi connectivity index (χ1v) is 14.4. The summed E-state index contributed by atoms with van der Waals surface area (Å²) in [5.41, 5.74) is 1.85. The standard InChI is InChI=1S/C27H37N5O6S/c1-5-7-15-39-27-29-26-28-18(3)23(25(34)37-12-6-2)24(32(26)30-27)19-8-9-20(21(16-19)35-4)38-17-22(33)31-10-13-36-14-11-31/h8-9,16,24H,5-7,10-15,17H2,1-4H3,(H,28,29,30). The maximum atomic E-state index is 13.2. The summed E-state index contributed by atoms with van der Waals surface area (Å²) in [4.78, 5) is 32.2. The van der Waals surface area contributed by atoms with Crippen molar-refractivity contribution in [2.24, 2.45) is 0 Å². The first-order valence-electron chi connectivity index (χ1n) is 13.4. The number of carbonyl (C=O) groups excluding carboxylic acids is 2. The molecule has 1 atom stereocenters. The summed E-state index contributed by atoms with van der Waals surface area (Å²) in [5, 5.41) is 8.62. The number of allylic oxidation sites excluding steroid dienone is 1. The van der Waals surface area contributed by atoms with E-state index < -0.39 is 12.0 Å². The first-order chi connectivity index (χ1) is 19.0. The lowest BCUT2D eigenvalue weighted by Crippen LogP contribution is -2.43. The number of nitrogens with one attached hydrogen (secondary N) is 1. The van der Waals surface area contributed by atoms with Gasteiger partial charge in [0.05, 0.1) is 32.5 Å². The minimum absolute atomic E-state index is 0.109. The molecule has 2 aromatic rings. The number of ether oxygens (including phenoxy) is 4. The molecule has 212 valence electrons. The van der Waals surface area contributed by atoms with Crippen LogP contribution in [0.2, 0.25) is 0 Å². The number of amides is 1. The number of nitrogens with zero attached hydrogens (tertiary/aromatic N) is 4. The minimum atomic E-state index is -0.587. The van der Waals surface area contributed by atoms with Gasteiger partial charge in [-0.1, -0.05) is 38.1 Å². The number of hydrogen-bond donors (Lipinski definition) is 1. The van der Waals surface area contributed by atoms with E-state index in [0.717, 1.165) is 24.2 Å². The van der Waals surface area contributed by atoms with Crippen LogP contribution in [0.4, 0.5) is 5.95 Å². The predicted octanol–water partition coefficient (Wildman–Crippen LogP) is 3.66. The van der Waals surface area contributed by atoms with Crippen molar-refractivity contribution in [2.75, 3.05) is 57.7 Å². The van der Waals surface area contributed by atoms with Gasteiger partial charge in [0.25, 0.3) is 5.91 Å². The second-order valence-electron chi connectivity index (χ2n) is 9.26. The molecular formula is C27H37N5O6S. The maximum absolute atomic E-state index is 13.2. The van der Waals surface area contributed by atoms with E-state index in [4.69, 9.17) is 24.0 Å². The second-order valence-corrected chi connectivity index (χ2v) is 10.3. The van der Waals surface area contributed by atoms with Gasteiger partial charge in [-0.25, -0.2) is 9.48 Å². The molecule has 1 aromatic heterocycles. The Balaban J connectivity index is 1.63. The van der Waals surface area contributed by atoms with Gasteiger partial charge in [-0.2, -0.15) is 4.98 Å². The van der Waals surface area contributed by atoms with Crippen LogP contribution in [0.15, 0.2) is 34.6 Å². The Morgan fingerprint density at radius 2 is 1.97 bits per heavy atom. The fourth-order valence-electron chi connectivity index (χ4n) is 4.36. The number of carbonyl (C=O) groups is 2.